The van der Waals surface area contributed by atoms with E-state index in [2.05, 4.69) is 41.9 Å². The van der Waals surface area contributed by atoms with Crippen LogP contribution in [0, 0.1) is 17.6 Å². The number of hydrogen-bond donors (Lipinski definition) is 11. The number of phenolic OH excluding ortho intramolecular Hbond substituents is 1. The third-order valence-electron chi connectivity index (χ3n) is 19.5. The number of thioether (sulfide) groups is 2. The molecule has 4 aromatic carbocycles. The highest BCUT2D eigenvalue weighted by atomic mass is 32.2. The number of amides is 10. The highest BCUT2D eigenvalue weighted by Crippen LogP contribution is 2.41. The second-order valence-electron chi connectivity index (χ2n) is 27.1. The van der Waals surface area contributed by atoms with Gasteiger partial charge in [-0.2, -0.15) is 23.5 Å². The zero-order valence-corrected chi connectivity index (χ0v) is 58.1. The van der Waals surface area contributed by atoms with Crippen molar-refractivity contribution in [2.75, 3.05) is 44.2 Å². The maximum absolute atomic E-state index is 15.8. The molecule has 10 amide bonds. The highest BCUT2D eigenvalue weighted by molar-refractivity contribution is 7.98. The fourth-order valence-corrected chi connectivity index (χ4v) is 16.0. The topological polar surface area (TPSA) is 356 Å². The van der Waals surface area contributed by atoms with Crippen LogP contribution in [-0.4, -0.2) is 180 Å². The number of primary amides is 1. The number of nitrogens with two attached hydrogens (primary N) is 2. The number of hydrogen-bond acceptors (Lipinski definition) is 14. The number of H-pyrrole nitrogens is 2. The van der Waals surface area contributed by atoms with E-state index >= 15 is 28.4 Å². The molecule has 4 aliphatic heterocycles. The second kappa shape index (κ2) is 33.0. The van der Waals surface area contributed by atoms with Gasteiger partial charge in [0.05, 0.1) is 6.54 Å². The summed E-state index contributed by atoms with van der Waals surface area (Å²) in [4.78, 5) is 158. The van der Waals surface area contributed by atoms with Gasteiger partial charge in [0, 0.05) is 103 Å². The van der Waals surface area contributed by atoms with E-state index in [9.17, 15) is 33.5 Å². The molecule has 534 valence electrons. The van der Waals surface area contributed by atoms with E-state index in [1.807, 2.05) is 38.1 Å². The summed E-state index contributed by atoms with van der Waals surface area (Å²) in [7, 11) is 0. The monoisotopic (exact) mass is 1410 g/mol. The number of fused-ring (bicyclic) bond motifs is 6. The number of unbranched alkanes of at least 4 members (excludes halogenated alkanes) is 1. The molecule has 28 heteroatoms. The minimum absolute atomic E-state index is 0.00531. The molecule has 4 aliphatic rings. The van der Waals surface area contributed by atoms with Gasteiger partial charge in [0.2, 0.25) is 59.1 Å². The number of carbonyl (C=O) groups excluding carboxylic acids is 10. The molecule has 0 radical (unpaired) electrons. The minimum atomic E-state index is -1.55. The Morgan fingerprint density at radius 3 is 1.93 bits per heavy atom. The van der Waals surface area contributed by atoms with Crippen LogP contribution in [0.3, 0.4) is 0 Å². The summed E-state index contributed by atoms with van der Waals surface area (Å²) in [5.74, 6) is -6.68. The molecule has 2 aromatic heterocycles. The standard InChI is InChI=1S/C72H89F2N13O11S2/c1-42(2)29-60-66(94)83-57(31-43-12-16-50(88)17-13-43)67(95)86-25-7-21-71(86,3)69(97)84-59(63(76)91)41-100-40-45-10-6-9-44(30-45)39-99-28-20-61(89)80-55(11-4-5-24-75)64(92)79-38-62(90)81-56(32-46-36-77-53-18-14-48(73)34-51(46)53)65(93)82-58(33-47-37-78-54-19-15-49(74)35-52(47)54)68(96)87-26-8-22-72(87)23-27-85(60)70(72)98/h6,9-10,12-19,30,34-37,42,55-60,77-78,88H,4-5,7-8,11,20-29,31-33,38-41,75H2,1-3H3,(H2,76,91)(H,79,92)(H,80,89)(H,81,90)(H,82,93)(H,83,94)(H,84,97)/t55-,56-,57-,58-,59-,60-,71-,72?/m0/s1. The smallest absolute Gasteiger partial charge is 0.249 e. The van der Waals surface area contributed by atoms with E-state index in [4.69, 9.17) is 11.5 Å². The van der Waals surface area contributed by atoms with Crippen molar-refractivity contribution in [1.29, 1.82) is 0 Å². The van der Waals surface area contributed by atoms with Crippen molar-refractivity contribution in [2.24, 2.45) is 17.4 Å². The number of rotatable bonds is 13. The Hall–Kier alpha value is -9.02. The zero-order chi connectivity index (χ0) is 71.4. The Bertz CT molecular complexity index is 4020. The molecule has 4 bridgehead atoms. The highest BCUT2D eigenvalue weighted by Gasteiger charge is 2.58. The quantitative estimate of drug-likeness (QED) is 0.0694. The fourth-order valence-electron chi connectivity index (χ4n) is 14.1. The van der Waals surface area contributed by atoms with Crippen LogP contribution in [-0.2, 0) is 78.7 Å². The van der Waals surface area contributed by atoms with E-state index in [-0.39, 0.29) is 94.8 Å². The van der Waals surface area contributed by atoms with Gasteiger partial charge in [0.25, 0.3) is 0 Å². The van der Waals surface area contributed by atoms with E-state index in [0.717, 1.165) is 11.1 Å². The van der Waals surface area contributed by atoms with Gasteiger partial charge in [0.15, 0.2) is 0 Å². The van der Waals surface area contributed by atoms with Crippen LogP contribution in [0.2, 0.25) is 0 Å². The maximum Gasteiger partial charge on any atom is 0.249 e. The van der Waals surface area contributed by atoms with Crippen LogP contribution in [0.1, 0.15) is 113 Å². The summed E-state index contributed by atoms with van der Waals surface area (Å²) >= 11 is 2.87. The summed E-state index contributed by atoms with van der Waals surface area (Å²) in [5.41, 5.74) is 13.0. The van der Waals surface area contributed by atoms with Crippen molar-refractivity contribution in [2.45, 2.75) is 163 Å². The number of aromatic nitrogens is 2. The average molecular weight is 1410 g/mol. The zero-order valence-electron chi connectivity index (χ0n) is 56.4. The molecular formula is C72H89F2N13O11S2. The van der Waals surface area contributed by atoms with Gasteiger partial charge in [-0.3, -0.25) is 47.9 Å². The lowest BCUT2D eigenvalue weighted by molar-refractivity contribution is -0.151. The van der Waals surface area contributed by atoms with E-state index in [0.29, 0.717) is 88.0 Å². The van der Waals surface area contributed by atoms with Crippen molar-refractivity contribution >= 4 is 104 Å². The fraction of sp³-hybridized carbons (Fsp3) is 0.472. The lowest BCUT2D eigenvalue weighted by atomic mass is 9.92. The Kier molecular flexibility index (Phi) is 24.3. The first-order valence-corrected chi connectivity index (χ1v) is 36.5. The first-order valence-electron chi connectivity index (χ1n) is 34.2. The van der Waals surface area contributed by atoms with Crippen molar-refractivity contribution in [3.05, 3.63) is 137 Å². The molecule has 100 heavy (non-hydrogen) atoms. The van der Waals surface area contributed by atoms with Gasteiger partial charge in [-0.15, -0.1) is 0 Å². The maximum atomic E-state index is 15.8. The SMILES string of the molecule is CC(C)C[C@H]1C(=O)N[C@@H](Cc2ccc(O)cc2)C(=O)N2CCC[C@@]2(C)C(=O)N[C@H](C(N)=O)CSCc2cccc(c2)CSCCC(=O)N[C@@H](CCCCN)C(=O)NCC(=O)N[C@@H](Cc2c[nH]c3ccc(F)cc23)C(=O)N[C@@H](Cc2c[nH]c3ccc(F)cc23)C(=O)N2CCCC23CCN1C3=O. The van der Waals surface area contributed by atoms with Crippen molar-refractivity contribution < 1.29 is 61.8 Å². The minimum Gasteiger partial charge on any atom is -0.508 e. The lowest BCUT2D eigenvalue weighted by Gasteiger charge is -2.38. The second-order valence-corrected chi connectivity index (χ2v) is 29.2. The van der Waals surface area contributed by atoms with Gasteiger partial charge >= 0.3 is 0 Å². The van der Waals surface area contributed by atoms with Crippen LogP contribution < -0.4 is 43.4 Å². The normalized spacial score (nSPS) is 24.9. The molecule has 3 fully saturated rings. The van der Waals surface area contributed by atoms with E-state index < -0.39 is 125 Å². The van der Waals surface area contributed by atoms with Crippen LogP contribution in [0.5, 0.6) is 5.75 Å². The lowest BCUT2D eigenvalue weighted by Crippen LogP contribution is -2.63. The molecule has 0 aliphatic carbocycles. The third-order valence-corrected chi connectivity index (χ3v) is 21.6. The van der Waals surface area contributed by atoms with Crippen molar-refractivity contribution in [3.63, 3.8) is 0 Å². The first-order chi connectivity index (χ1) is 47.9. The number of aromatic amines is 2. The molecule has 13 N–H and O–H groups in total. The predicted octanol–water partition coefficient (Wildman–Crippen LogP) is 4.78. The molecule has 0 saturated carbocycles. The van der Waals surface area contributed by atoms with Gasteiger partial charge in [-0.1, -0.05) is 50.2 Å². The van der Waals surface area contributed by atoms with Gasteiger partial charge in [0.1, 0.15) is 64.7 Å². The Labute approximate surface area is 587 Å². The van der Waals surface area contributed by atoms with E-state index in [1.165, 1.54) is 86.8 Å². The largest absolute Gasteiger partial charge is 0.508 e. The molecule has 8 atom stereocenters. The average Bonchev–Trinajstić information content (AvgIpc) is 1.58. The Morgan fingerprint density at radius 1 is 0.660 bits per heavy atom. The van der Waals surface area contributed by atoms with E-state index in [1.54, 1.807) is 31.5 Å². The number of nitrogens with one attached hydrogen (secondary N) is 8. The molecule has 6 heterocycles. The number of benzene rings is 4. The summed E-state index contributed by atoms with van der Waals surface area (Å²) in [6.07, 6.45) is 5.06. The van der Waals surface area contributed by atoms with Crippen LogP contribution in [0.25, 0.3) is 21.8 Å². The summed E-state index contributed by atoms with van der Waals surface area (Å²) in [6, 6.07) is 14.2. The number of aromatic hydroxyl groups is 1. The van der Waals surface area contributed by atoms with Gasteiger partial charge in [-0.25, -0.2) is 8.78 Å². The first kappa shape index (κ1) is 73.7. The van der Waals surface area contributed by atoms with Gasteiger partial charge in [-0.05, 0) is 154 Å². The molecule has 24 nitrogen and oxygen atoms in total. The Morgan fingerprint density at radius 2 is 1.27 bits per heavy atom. The number of halogens is 2. The van der Waals surface area contributed by atoms with Crippen molar-refractivity contribution in [3.8, 4) is 5.75 Å². The van der Waals surface area contributed by atoms with Gasteiger partial charge < -0.3 is 73.1 Å². The number of nitrogens with zero attached hydrogens (tertiary/aromatic N) is 3. The summed E-state index contributed by atoms with van der Waals surface area (Å²) in [5, 5.41) is 28.0. The van der Waals surface area contributed by atoms with Crippen LogP contribution >= 0.6 is 23.5 Å². The van der Waals surface area contributed by atoms with Crippen LogP contribution in [0.15, 0.2) is 97.3 Å². The molecule has 6 aromatic rings. The predicted molar refractivity (Wildman–Crippen MR) is 376 cm³/mol. The molecule has 10 rings (SSSR count). The molecule has 1 spiro atoms. The third kappa shape index (κ3) is 17.6. The van der Waals surface area contributed by atoms with Crippen LogP contribution in [0.4, 0.5) is 8.78 Å². The molecule has 3 saturated heterocycles. The van der Waals surface area contributed by atoms with Crippen molar-refractivity contribution in [1.82, 2.24) is 56.6 Å². The summed E-state index contributed by atoms with van der Waals surface area (Å²) in [6.45, 7) is 5.17. The number of carbonyl (C=O) groups is 10. The Balaban J connectivity index is 0.988. The summed E-state index contributed by atoms with van der Waals surface area (Å²) < 4.78 is 30.0. The molecule has 1 unspecified atom stereocenters. The number of phenols is 1. The molecular weight excluding hydrogens is 1330 g/mol.